The van der Waals surface area contributed by atoms with Crippen molar-refractivity contribution in [2.24, 2.45) is 0 Å². The Hall–Kier alpha value is -0.220. The first-order valence-corrected chi connectivity index (χ1v) is 5.22. The van der Waals surface area contributed by atoms with E-state index < -0.39 is 5.92 Å². The van der Waals surface area contributed by atoms with Gasteiger partial charge in [-0.15, -0.1) is 0 Å². The second-order valence-corrected chi connectivity index (χ2v) is 4.50. The van der Waals surface area contributed by atoms with E-state index in [1.165, 1.54) is 0 Å². The van der Waals surface area contributed by atoms with E-state index in [4.69, 9.17) is 9.84 Å². The standard InChI is InChI=1S/C10H16F2O2/c11-10(12)5-3-9(4-6-10)2-1-8(7-13)14-9/h8,13H,1-7H2. The lowest BCUT2D eigenvalue weighted by molar-refractivity contribution is -0.132. The van der Waals surface area contributed by atoms with Gasteiger partial charge in [-0.2, -0.15) is 0 Å². The Bertz CT molecular complexity index is 208. The molecule has 2 fully saturated rings. The van der Waals surface area contributed by atoms with Gasteiger partial charge in [-0.05, 0) is 25.7 Å². The lowest BCUT2D eigenvalue weighted by Gasteiger charge is -2.36. The van der Waals surface area contributed by atoms with E-state index in [2.05, 4.69) is 0 Å². The van der Waals surface area contributed by atoms with Gasteiger partial charge in [0.1, 0.15) is 0 Å². The molecule has 0 bridgehead atoms. The zero-order chi connectivity index (χ0) is 10.2. The Kier molecular flexibility index (Phi) is 2.52. The third-order valence-electron chi connectivity index (χ3n) is 3.43. The van der Waals surface area contributed by atoms with Gasteiger partial charge in [0.05, 0.1) is 18.3 Å². The van der Waals surface area contributed by atoms with Crippen molar-refractivity contribution in [3.05, 3.63) is 0 Å². The summed E-state index contributed by atoms with van der Waals surface area (Å²) in [6.07, 6.45) is 2.27. The van der Waals surface area contributed by atoms with E-state index in [9.17, 15) is 8.78 Å². The number of hydrogen-bond donors (Lipinski definition) is 1. The number of alkyl halides is 2. The molecule has 82 valence electrons. The maximum absolute atomic E-state index is 12.9. The molecule has 14 heavy (non-hydrogen) atoms. The van der Waals surface area contributed by atoms with Crippen LogP contribution >= 0.6 is 0 Å². The molecule has 1 saturated heterocycles. The molecule has 1 aliphatic heterocycles. The molecule has 1 aliphatic carbocycles. The van der Waals surface area contributed by atoms with Crippen LogP contribution in [-0.2, 0) is 4.74 Å². The van der Waals surface area contributed by atoms with Crippen molar-refractivity contribution in [2.45, 2.75) is 56.2 Å². The average Bonchev–Trinajstić information content (AvgIpc) is 2.56. The number of rotatable bonds is 1. The van der Waals surface area contributed by atoms with Gasteiger partial charge in [0.2, 0.25) is 5.92 Å². The molecule has 2 rings (SSSR count). The van der Waals surface area contributed by atoms with Gasteiger partial charge in [0.25, 0.3) is 0 Å². The summed E-state index contributed by atoms with van der Waals surface area (Å²) < 4.78 is 31.5. The Balaban J connectivity index is 1.94. The fraction of sp³-hybridized carbons (Fsp3) is 1.00. The third-order valence-corrected chi connectivity index (χ3v) is 3.43. The predicted octanol–water partition coefficient (Wildman–Crippen LogP) is 2.11. The van der Waals surface area contributed by atoms with Gasteiger partial charge in [-0.3, -0.25) is 0 Å². The minimum absolute atomic E-state index is 0.0120. The van der Waals surface area contributed by atoms with Crippen LogP contribution in [0.4, 0.5) is 8.78 Å². The number of aliphatic hydroxyl groups is 1. The Morgan fingerprint density at radius 1 is 1.14 bits per heavy atom. The van der Waals surface area contributed by atoms with Crippen molar-refractivity contribution < 1.29 is 18.6 Å². The van der Waals surface area contributed by atoms with Gasteiger partial charge in [-0.25, -0.2) is 8.78 Å². The van der Waals surface area contributed by atoms with Crippen LogP contribution in [0.2, 0.25) is 0 Å². The molecule has 2 aliphatic rings. The molecular formula is C10H16F2O2. The summed E-state index contributed by atoms with van der Waals surface area (Å²) in [4.78, 5) is 0. The van der Waals surface area contributed by atoms with E-state index in [0.717, 1.165) is 12.8 Å². The molecule has 2 nitrogen and oxygen atoms in total. The van der Waals surface area contributed by atoms with E-state index in [1.807, 2.05) is 0 Å². The van der Waals surface area contributed by atoms with Crippen LogP contribution in [-0.4, -0.2) is 29.3 Å². The van der Waals surface area contributed by atoms with Crippen LogP contribution < -0.4 is 0 Å². The van der Waals surface area contributed by atoms with Gasteiger partial charge >= 0.3 is 0 Å². The first kappa shape index (κ1) is 10.3. The van der Waals surface area contributed by atoms with E-state index in [0.29, 0.717) is 12.8 Å². The molecule has 1 unspecified atom stereocenters. The largest absolute Gasteiger partial charge is 0.394 e. The highest BCUT2D eigenvalue weighted by atomic mass is 19.3. The van der Waals surface area contributed by atoms with Crippen LogP contribution in [0.25, 0.3) is 0 Å². The van der Waals surface area contributed by atoms with E-state index in [1.54, 1.807) is 0 Å². The molecule has 0 aromatic rings. The molecule has 1 heterocycles. The van der Waals surface area contributed by atoms with Crippen LogP contribution in [0.5, 0.6) is 0 Å². The van der Waals surface area contributed by atoms with Crippen molar-refractivity contribution in [1.82, 2.24) is 0 Å². The molecular weight excluding hydrogens is 190 g/mol. The molecule has 1 spiro atoms. The molecule has 1 atom stereocenters. The molecule has 0 aromatic carbocycles. The highest BCUT2D eigenvalue weighted by Crippen LogP contribution is 2.46. The van der Waals surface area contributed by atoms with Crippen molar-refractivity contribution >= 4 is 0 Å². The molecule has 0 amide bonds. The monoisotopic (exact) mass is 206 g/mol. The maximum atomic E-state index is 12.9. The topological polar surface area (TPSA) is 29.5 Å². The zero-order valence-electron chi connectivity index (χ0n) is 8.14. The fourth-order valence-electron chi connectivity index (χ4n) is 2.46. The third kappa shape index (κ3) is 1.91. The lowest BCUT2D eigenvalue weighted by Crippen LogP contribution is -2.38. The highest BCUT2D eigenvalue weighted by Gasteiger charge is 2.47. The summed E-state index contributed by atoms with van der Waals surface area (Å²) in [5.74, 6) is -2.49. The Morgan fingerprint density at radius 3 is 2.29 bits per heavy atom. The fourth-order valence-corrected chi connectivity index (χ4v) is 2.46. The first-order chi connectivity index (χ1) is 6.55. The van der Waals surface area contributed by atoms with E-state index in [-0.39, 0.29) is 31.2 Å². The molecule has 0 radical (unpaired) electrons. The minimum Gasteiger partial charge on any atom is -0.394 e. The molecule has 1 N–H and O–H groups in total. The second kappa shape index (κ2) is 3.42. The van der Waals surface area contributed by atoms with Gasteiger partial charge < -0.3 is 9.84 Å². The summed E-state index contributed by atoms with van der Waals surface area (Å²) in [5, 5.41) is 8.91. The van der Waals surface area contributed by atoms with Gasteiger partial charge in [0, 0.05) is 12.8 Å². The summed E-state index contributed by atoms with van der Waals surface area (Å²) in [5.41, 5.74) is -0.338. The van der Waals surface area contributed by atoms with Crippen molar-refractivity contribution in [1.29, 1.82) is 0 Å². The first-order valence-electron chi connectivity index (χ1n) is 5.22. The smallest absolute Gasteiger partial charge is 0.248 e. The Labute approximate surface area is 82.3 Å². The average molecular weight is 206 g/mol. The number of ether oxygens (including phenoxy) is 1. The molecule has 1 saturated carbocycles. The van der Waals surface area contributed by atoms with Crippen LogP contribution in [0, 0.1) is 0 Å². The number of halogens is 2. The normalized spacial score (nSPS) is 34.9. The van der Waals surface area contributed by atoms with Crippen LogP contribution in [0.3, 0.4) is 0 Å². The molecule has 0 aromatic heterocycles. The highest BCUT2D eigenvalue weighted by molar-refractivity contribution is 4.95. The summed E-state index contributed by atoms with van der Waals surface area (Å²) >= 11 is 0. The lowest BCUT2D eigenvalue weighted by atomic mass is 9.81. The Morgan fingerprint density at radius 2 is 1.79 bits per heavy atom. The van der Waals surface area contributed by atoms with Crippen molar-refractivity contribution in [2.75, 3.05) is 6.61 Å². The van der Waals surface area contributed by atoms with Crippen molar-refractivity contribution in [3.8, 4) is 0 Å². The van der Waals surface area contributed by atoms with Crippen molar-refractivity contribution in [3.63, 3.8) is 0 Å². The quantitative estimate of drug-likeness (QED) is 0.712. The van der Waals surface area contributed by atoms with Crippen LogP contribution in [0.1, 0.15) is 38.5 Å². The maximum Gasteiger partial charge on any atom is 0.248 e. The summed E-state index contributed by atoms with van der Waals surface area (Å²) in [7, 11) is 0. The summed E-state index contributed by atoms with van der Waals surface area (Å²) in [6.45, 7) is 0.0120. The van der Waals surface area contributed by atoms with E-state index >= 15 is 0 Å². The zero-order valence-corrected chi connectivity index (χ0v) is 8.14. The van der Waals surface area contributed by atoms with Gasteiger partial charge in [-0.1, -0.05) is 0 Å². The predicted molar refractivity (Wildman–Crippen MR) is 47.3 cm³/mol. The summed E-state index contributed by atoms with van der Waals surface area (Å²) in [6, 6.07) is 0. The number of aliphatic hydroxyl groups excluding tert-OH is 1. The SMILES string of the molecule is OCC1CCC2(CCC(F)(F)CC2)O1. The van der Waals surface area contributed by atoms with Crippen LogP contribution in [0.15, 0.2) is 0 Å². The second-order valence-electron chi connectivity index (χ2n) is 4.50. The number of hydrogen-bond acceptors (Lipinski definition) is 2. The molecule has 4 heteroatoms. The van der Waals surface area contributed by atoms with Gasteiger partial charge in [0.15, 0.2) is 0 Å². The minimum atomic E-state index is -2.49.